The lowest BCUT2D eigenvalue weighted by atomic mass is 9.66. The fourth-order valence-electron chi connectivity index (χ4n) is 6.76. The molecule has 0 amide bonds. The molecule has 2 atom stereocenters. The summed E-state index contributed by atoms with van der Waals surface area (Å²) in [4.78, 5) is 0. The zero-order chi connectivity index (χ0) is 25.6. The van der Waals surface area contributed by atoms with Gasteiger partial charge >= 0.3 is 0 Å². The van der Waals surface area contributed by atoms with Gasteiger partial charge in [-0.2, -0.15) is 0 Å². The summed E-state index contributed by atoms with van der Waals surface area (Å²) in [6.07, 6.45) is 13.6. The van der Waals surface area contributed by atoms with Crippen molar-refractivity contribution in [3.05, 3.63) is 144 Å². The average Bonchev–Trinajstić information content (AvgIpc) is 2.99. The zero-order valence-electron chi connectivity index (χ0n) is 21.5. The fourth-order valence-corrected chi connectivity index (χ4v) is 6.76. The molecule has 38 heavy (non-hydrogen) atoms. The summed E-state index contributed by atoms with van der Waals surface area (Å²) in [5.41, 5.74) is 10.4. The Bertz CT molecular complexity index is 1790. The van der Waals surface area contributed by atoms with Crippen LogP contribution in [0, 0.1) is 5.92 Å². The van der Waals surface area contributed by atoms with Crippen LogP contribution in [0.25, 0.3) is 56.5 Å². The number of rotatable bonds is 4. The lowest BCUT2D eigenvalue weighted by Gasteiger charge is -2.37. The van der Waals surface area contributed by atoms with E-state index in [-0.39, 0.29) is 0 Å². The molecule has 5 aromatic rings. The van der Waals surface area contributed by atoms with Crippen LogP contribution in [0.2, 0.25) is 0 Å². The average molecular weight is 487 g/mol. The van der Waals surface area contributed by atoms with Gasteiger partial charge in [0, 0.05) is 5.92 Å². The Morgan fingerprint density at radius 3 is 2.13 bits per heavy atom. The molecule has 0 aliphatic heterocycles. The van der Waals surface area contributed by atoms with Crippen LogP contribution >= 0.6 is 0 Å². The van der Waals surface area contributed by atoms with Crippen molar-refractivity contribution in [3.63, 3.8) is 0 Å². The second-order valence-electron chi connectivity index (χ2n) is 10.5. The van der Waals surface area contributed by atoms with E-state index in [1.165, 1.54) is 66.1 Å². The van der Waals surface area contributed by atoms with Gasteiger partial charge in [-0.15, -0.1) is 0 Å². The molecule has 0 heteroatoms. The van der Waals surface area contributed by atoms with E-state index in [4.69, 9.17) is 0 Å². The predicted octanol–water partition coefficient (Wildman–Crippen LogP) is 10.5. The molecule has 2 aliphatic carbocycles. The predicted molar refractivity (Wildman–Crippen MR) is 166 cm³/mol. The molecule has 0 spiro atoms. The third-order valence-electron chi connectivity index (χ3n) is 8.54. The summed E-state index contributed by atoms with van der Waals surface area (Å²) < 4.78 is 0. The highest BCUT2D eigenvalue weighted by Crippen LogP contribution is 2.51. The van der Waals surface area contributed by atoms with Crippen LogP contribution in [0.1, 0.15) is 46.6 Å². The van der Waals surface area contributed by atoms with Crippen LogP contribution in [-0.4, -0.2) is 0 Å². The second kappa shape index (κ2) is 9.15. The van der Waals surface area contributed by atoms with Crippen LogP contribution in [0.3, 0.4) is 0 Å². The van der Waals surface area contributed by atoms with Crippen LogP contribution < -0.4 is 0 Å². The third-order valence-corrected chi connectivity index (χ3v) is 8.54. The van der Waals surface area contributed by atoms with Crippen molar-refractivity contribution in [1.82, 2.24) is 0 Å². The van der Waals surface area contributed by atoms with Crippen molar-refractivity contribution in [2.24, 2.45) is 5.92 Å². The van der Waals surface area contributed by atoms with E-state index in [9.17, 15) is 0 Å². The van der Waals surface area contributed by atoms with Gasteiger partial charge in [0.15, 0.2) is 0 Å². The summed E-state index contributed by atoms with van der Waals surface area (Å²) in [5.74, 6) is 0.830. The Balaban J connectivity index is 1.39. The molecule has 182 valence electrons. The van der Waals surface area contributed by atoms with Gasteiger partial charge in [-0.3, -0.25) is 0 Å². The van der Waals surface area contributed by atoms with E-state index in [0.717, 1.165) is 12.8 Å². The Morgan fingerprint density at radius 2 is 1.34 bits per heavy atom. The van der Waals surface area contributed by atoms with Gasteiger partial charge in [-0.05, 0) is 97.0 Å². The maximum absolute atomic E-state index is 4.23. The molecule has 0 aromatic heterocycles. The Morgan fingerprint density at radius 1 is 0.658 bits per heavy atom. The minimum absolute atomic E-state index is 0.374. The van der Waals surface area contributed by atoms with Crippen LogP contribution in [0.15, 0.2) is 116 Å². The van der Waals surface area contributed by atoms with Gasteiger partial charge in [0.2, 0.25) is 0 Å². The third kappa shape index (κ3) is 3.52. The van der Waals surface area contributed by atoms with E-state index in [0.29, 0.717) is 11.8 Å². The summed E-state index contributed by atoms with van der Waals surface area (Å²) in [6.45, 7) is 8.41. The number of hydrogen-bond donors (Lipinski definition) is 0. The molecule has 0 saturated heterocycles. The summed E-state index contributed by atoms with van der Waals surface area (Å²) >= 11 is 0. The lowest BCUT2D eigenvalue weighted by molar-refractivity contribution is 0.539. The zero-order valence-corrected chi connectivity index (χ0v) is 21.5. The van der Waals surface area contributed by atoms with Gasteiger partial charge in [-0.25, -0.2) is 0 Å². The molecule has 0 radical (unpaired) electrons. The van der Waals surface area contributed by atoms with Crippen LogP contribution in [-0.2, 0) is 0 Å². The van der Waals surface area contributed by atoms with E-state index in [2.05, 4.69) is 122 Å². The van der Waals surface area contributed by atoms with E-state index in [1.54, 1.807) is 0 Å². The first-order valence-electron chi connectivity index (χ1n) is 13.6. The molecule has 0 bridgehead atoms. The van der Waals surface area contributed by atoms with Gasteiger partial charge in [0.1, 0.15) is 0 Å². The second-order valence-corrected chi connectivity index (χ2v) is 10.5. The Kier molecular flexibility index (Phi) is 5.48. The number of benzene rings is 5. The Hall–Kier alpha value is -4.42. The molecular weight excluding hydrogens is 456 g/mol. The van der Waals surface area contributed by atoms with Gasteiger partial charge in [0.25, 0.3) is 0 Å². The molecule has 5 aromatic carbocycles. The maximum Gasteiger partial charge on any atom is 0.00934 e. The number of hydrogen-bond acceptors (Lipinski definition) is 0. The molecule has 0 N–H and O–H groups in total. The lowest BCUT2D eigenvalue weighted by Crippen LogP contribution is -2.21. The first-order valence-corrected chi connectivity index (χ1v) is 13.6. The van der Waals surface area contributed by atoms with Crippen molar-refractivity contribution in [2.75, 3.05) is 0 Å². The van der Waals surface area contributed by atoms with Crippen LogP contribution in [0.5, 0.6) is 0 Å². The monoisotopic (exact) mass is 486 g/mol. The highest BCUT2D eigenvalue weighted by molar-refractivity contribution is 6.03. The molecule has 0 nitrogen and oxygen atoms in total. The van der Waals surface area contributed by atoms with E-state index < -0.39 is 0 Å². The topological polar surface area (TPSA) is 0 Å². The summed E-state index contributed by atoms with van der Waals surface area (Å²) in [6, 6.07) is 33.3. The minimum Gasteiger partial charge on any atom is -0.0984 e. The summed E-state index contributed by atoms with van der Waals surface area (Å²) in [7, 11) is 0. The molecule has 7 rings (SSSR count). The molecule has 0 saturated carbocycles. The number of fused-ring (bicyclic) bond motifs is 6. The SMILES string of the molecule is C=Cc1c2c(c3ccccc3c1C=C)C1CCC=CC1C(c1ccc(-c3ccc4ccccc4c3)cc1)=C2. The van der Waals surface area contributed by atoms with Crippen molar-refractivity contribution < 1.29 is 0 Å². The molecular formula is C38H30. The van der Waals surface area contributed by atoms with Crippen molar-refractivity contribution in [2.45, 2.75) is 18.8 Å². The Labute approximate surface area is 225 Å². The first-order chi connectivity index (χ1) is 18.8. The van der Waals surface area contributed by atoms with Crippen LogP contribution in [0.4, 0.5) is 0 Å². The standard InChI is InChI=1S/C38H30/c1-3-30-31(4-2)37-24-36(33-14-8-10-16-35(33)38(37)34-15-9-7-13-32(30)34)27-20-17-26(18-21-27)29-22-19-25-11-5-6-12-28(25)23-29/h3-9,11-15,17-24,33,35H,1-2,10,16H2. The van der Waals surface area contributed by atoms with E-state index in [1.807, 2.05) is 12.2 Å². The largest absolute Gasteiger partial charge is 0.0984 e. The fraction of sp³-hybridized carbons (Fsp3) is 0.105. The molecule has 0 fully saturated rings. The quantitative estimate of drug-likeness (QED) is 0.222. The van der Waals surface area contributed by atoms with Crippen molar-refractivity contribution in [1.29, 1.82) is 0 Å². The van der Waals surface area contributed by atoms with Crippen molar-refractivity contribution >= 4 is 45.3 Å². The minimum atomic E-state index is 0.374. The first kappa shape index (κ1) is 22.8. The van der Waals surface area contributed by atoms with Gasteiger partial charge in [-0.1, -0.05) is 122 Å². The molecule has 2 aliphatic rings. The van der Waals surface area contributed by atoms with Crippen molar-refractivity contribution in [3.8, 4) is 11.1 Å². The van der Waals surface area contributed by atoms with E-state index >= 15 is 0 Å². The normalized spacial score (nSPS) is 18.1. The highest BCUT2D eigenvalue weighted by atomic mass is 14.4. The molecule has 2 unspecified atom stereocenters. The summed E-state index contributed by atoms with van der Waals surface area (Å²) in [5, 5.41) is 5.19. The number of allylic oxidation sites excluding steroid dienone is 3. The highest BCUT2D eigenvalue weighted by Gasteiger charge is 2.34. The smallest absolute Gasteiger partial charge is 0.00934 e. The van der Waals surface area contributed by atoms with Gasteiger partial charge < -0.3 is 0 Å². The maximum atomic E-state index is 4.23. The van der Waals surface area contributed by atoms with Gasteiger partial charge in [0.05, 0.1) is 0 Å². The molecule has 0 heterocycles.